The zero-order valence-electron chi connectivity index (χ0n) is 10.8. The van der Waals surface area contributed by atoms with Crippen molar-refractivity contribution >= 4 is 5.97 Å². The second-order valence-corrected chi connectivity index (χ2v) is 5.76. The van der Waals surface area contributed by atoms with E-state index in [1.807, 2.05) is 0 Å². The Morgan fingerprint density at radius 3 is 2.76 bits per heavy atom. The third-order valence-corrected chi connectivity index (χ3v) is 4.74. The zero-order valence-corrected chi connectivity index (χ0v) is 10.8. The number of aliphatic carboxylic acids is 1. The lowest BCUT2D eigenvalue weighted by Gasteiger charge is -2.33. The predicted octanol–water partition coefficient (Wildman–Crippen LogP) is 3.08. The fraction of sp³-hybridized carbons (Fsp3) is 0.929. The van der Waals surface area contributed by atoms with Crippen molar-refractivity contribution in [2.24, 2.45) is 17.3 Å². The summed E-state index contributed by atoms with van der Waals surface area (Å²) in [6.45, 7) is 3.54. The van der Waals surface area contributed by atoms with Crippen molar-refractivity contribution in [3.05, 3.63) is 0 Å². The van der Waals surface area contributed by atoms with E-state index in [4.69, 9.17) is 4.74 Å². The summed E-state index contributed by atoms with van der Waals surface area (Å²) in [7, 11) is 0. The maximum atomic E-state index is 11.6. The van der Waals surface area contributed by atoms with Crippen LogP contribution in [0.25, 0.3) is 0 Å². The number of ether oxygens (including phenoxy) is 1. The van der Waals surface area contributed by atoms with Crippen LogP contribution in [0.1, 0.15) is 51.9 Å². The molecule has 2 fully saturated rings. The molecule has 0 heterocycles. The van der Waals surface area contributed by atoms with Gasteiger partial charge in [0.1, 0.15) is 0 Å². The molecule has 0 radical (unpaired) electrons. The van der Waals surface area contributed by atoms with Gasteiger partial charge in [0.2, 0.25) is 0 Å². The molecule has 0 aromatic carbocycles. The van der Waals surface area contributed by atoms with Crippen molar-refractivity contribution in [2.75, 3.05) is 13.2 Å². The molecule has 17 heavy (non-hydrogen) atoms. The van der Waals surface area contributed by atoms with Gasteiger partial charge in [-0.1, -0.05) is 19.8 Å². The molecule has 2 aliphatic rings. The molecule has 0 aliphatic heterocycles. The largest absolute Gasteiger partial charge is 0.481 e. The van der Waals surface area contributed by atoms with Gasteiger partial charge in [-0.05, 0) is 43.9 Å². The monoisotopic (exact) mass is 240 g/mol. The van der Waals surface area contributed by atoms with E-state index >= 15 is 0 Å². The molecule has 3 nitrogen and oxygen atoms in total. The van der Waals surface area contributed by atoms with Crippen LogP contribution in [0.5, 0.6) is 0 Å². The molecule has 0 amide bonds. The first kappa shape index (κ1) is 12.9. The second-order valence-electron chi connectivity index (χ2n) is 5.76. The normalized spacial score (nSPS) is 35.4. The van der Waals surface area contributed by atoms with Gasteiger partial charge in [0.25, 0.3) is 0 Å². The van der Waals surface area contributed by atoms with Crippen molar-refractivity contribution < 1.29 is 14.6 Å². The minimum atomic E-state index is -0.580. The summed E-state index contributed by atoms with van der Waals surface area (Å²) in [6, 6.07) is 0. The second kappa shape index (κ2) is 5.38. The molecule has 3 atom stereocenters. The first-order chi connectivity index (χ1) is 8.19. The van der Waals surface area contributed by atoms with Crippen LogP contribution in [0, 0.1) is 17.3 Å². The molecule has 0 aromatic rings. The molecule has 3 heteroatoms. The van der Waals surface area contributed by atoms with Crippen LogP contribution < -0.4 is 0 Å². The van der Waals surface area contributed by atoms with Crippen molar-refractivity contribution in [1.29, 1.82) is 0 Å². The van der Waals surface area contributed by atoms with Gasteiger partial charge in [-0.15, -0.1) is 0 Å². The van der Waals surface area contributed by atoms with Crippen molar-refractivity contribution in [3.63, 3.8) is 0 Å². The molecule has 2 rings (SSSR count). The van der Waals surface area contributed by atoms with Crippen LogP contribution in [-0.4, -0.2) is 24.3 Å². The van der Waals surface area contributed by atoms with Crippen LogP contribution in [-0.2, 0) is 9.53 Å². The minimum Gasteiger partial charge on any atom is -0.481 e. The molecule has 2 bridgehead atoms. The maximum absolute atomic E-state index is 11.6. The first-order valence-corrected chi connectivity index (χ1v) is 7.00. The SMILES string of the molecule is CCCCOCCC1(C(=O)O)CC2CCC1C2. The lowest BCUT2D eigenvalue weighted by atomic mass is 9.71. The highest BCUT2D eigenvalue weighted by molar-refractivity contribution is 5.75. The third-order valence-electron chi connectivity index (χ3n) is 4.74. The molecule has 0 aromatic heterocycles. The Kier molecular flexibility index (Phi) is 4.08. The highest BCUT2D eigenvalue weighted by atomic mass is 16.5. The highest BCUT2D eigenvalue weighted by Gasteiger charge is 2.55. The number of carboxylic acids is 1. The van der Waals surface area contributed by atoms with Crippen LogP contribution in [0.3, 0.4) is 0 Å². The Labute approximate surface area is 104 Å². The van der Waals surface area contributed by atoms with Crippen LogP contribution in [0.4, 0.5) is 0 Å². The molecule has 0 saturated heterocycles. The van der Waals surface area contributed by atoms with Crippen LogP contribution in [0.15, 0.2) is 0 Å². The van der Waals surface area contributed by atoms with Gasteiger partial charge in [-0.3, -0.25) is 4.79 Å². The fourth-order valence-electron chi connectivity index (χ4n) is 3.72. The van der Waals surface area contributed by atoms with Gasteiger partial charge in [0.05, 0.1) is 5.41 Å². The van der Waals surface area contributed by atoms with E-state index in [1.165, 1.54) is 6.42 Å². The van der Waals surface area contributed by atoms with E-state index < -0.39 is 11.4 Å². The standard InChI is InChI=1S/C14H24O3/c1-2-3-7-17-8-6-14(13(15)16)10-11-4-5-12(14)9-11/h11-12H,2-10H2,1H3,(H,15,16). The van der Waals surface area contributed by atoms with Gasteiger partial charge in [0, 0.05) is 13.2 Å². The fourth-order valence-corrected chi connectivity index (χ4v) is 3.72. The summed E-state index contributed by atoms with van der Waals surface area (Å²) in [5.41, 5.74) is -0.449. The van der Waals surface area contributed by atoms with E-state index in [0.29, 0.717) is 24.9 Å². The van der Waals surface area contributed by atoms with Crippen molar-refractivity contribution in [1.82, 2.24) is 0 Å². The van der Waals surface area contributed by atoms with Gasteiger partial charge >= 0.3 is 5.97 Å². The molecule has 0 spiro atoms. The molecule has 98 valence electrons. The van der Waals surface area contributed by atoms with Crippen molar-refractivity contribution in [3.8, 4) is 0 Å². The van der Waals surface area contributed by atoms with Crippen LogP contribution in [0.2, 0.25) is 0 Å². The highest BCUT2D eigenvalue weighted by Crippen LogP contribution is 2.57. The minimum absolute atomic E-state index is 0.416. The Hall–Kier alpha value is -0.570. The van der Waals surface area contributed by atoms with E-state index in [9.17, 15) is 9.90 Å². The molecule has 3 unspecified atom stereocenters. The average Bonchev–Trinajstić information content (AvgIpc) is 2.89. The third kappa shape index (κ3) is 2.49. The topological polar surface area (TPSA) is 46.5 Å². The molecule has 1 N–H and O–H groups in total. The quantitative estimate of drug-likeness (QED) is 0.696. The number of unbranched alkanes of at least 4 members (excludes halogenated alkanes) is 1. The summed E-state index contributed by atoms with van der Waals surface area (Å²) in [5.74, 6) is 0.510. The van der Waals surface area contributed by atoms with Gasteiger partial charge < -0.3 is 9.84 Å². The number of carbonyl (C=O) groups is 1. The smallest absolute Gasteiger partial charge is 0.310 e. The summed E-state index contributed by atoms with van der Waals surface area (Å²) in [5, 5.41) is 9.53. The zero-order chi connectivity index (χ0) is 12.3. The van der Waals surface area contributed by atoms with Gasteiger partial charge in [-0.25, -0.2) is 0 Å². The maximum Gasteiger partial charge on any atom is 0.310 e. The lowest BCUT2D eigenvalue weighted by Crippen LogP contribution is -2.37. The summed E-state index contributed by atoms with van der Waals surface area (Å²) >= 11 is 0. The Morgan fingerprint density at radius 2 is 2.24 bits per heavy atom. The van der Waals surface area contributed by atoms with E-state index in [1.54, 1.807) is 0 Å². The number of hydrogen-bond acceptors (Lipinski definition) is 2. The van der Waals surface area contributed by atoms with Crippen molar-refractivity contribution in [2.45, 2.75) is 51.9 Å². The average molecular weight is 240 g/mol. The molecular weight excluding hydrogens is 216 g/mol. The number of hydrogen-bond donors (Lipinski definition) is 1. The Morgan fingerprint density at radius 1 is 1.41 bits per heavy atom. The number of carboxylic acid groups (broad SMARTS) is 1. The molecular formula is C14H24O3. The molecule has 2 aliphatic carbocycles. The predicted molar refractivity (Wildman–Crippen MR) is 65.9 cm³/mol. The Balaban J connectivity index is 1.84. The van der Waals surface area contributed by atoms with E-state index in [0.717, 1.165) is 38.7 Å². The summed E-state index contributed by atoms with van der Waals surface area (Å²) in [6.07, 6.45) is 7.32. The van der Waals surface area contributed by atoms with E-state index in [-0.39, 0.29) is 0 Å². The van der Waals surface area contributed by atoms with E-state index in [2.05, 4.69) is 6.92 Å². The first-order valence-electron chi connectivity index (χ1n) is 7.00. The summed E-state index contributed by atoms with van der Waals surface area (Å²) in [4.78, 5) is 11.6. The number of fused-ring (bicyclic) bond motifs is 2. The number of rotatable bonds is 7. The Bertz CT molecular complexity index is 277. The lowest BCUT2D eigenvalue weighted by molar-refractivity contribution is -0.154. The van der Waals surface area contributed by atoms with Gasteiger partial charge in [-0.2, -0.15) is 0 Å². The van der Waals surface area contributed by atoms with Gasteiger partial charge in [0.15, 0.2) is 0 Å². The van der Waals surface area contributed by atoms with Crippen LogP contribution >= 0.6 is 0 Å². The summed E-state index contributed by atoms with van der Waals surface area (Å²) < 4.78 is 5.56. The molecule has 2 saturated carbocycles.